The van der Waals surface area contributed by atoms with Gasteiger partial charge in [0, 0.05) is 67.8 Å². The van der Waals surface area contributed by atoms with Crippen LogP contribution in [0.25, 0.3) is 21.7 Å². The summed E-state index contributed by atoms with van der Waals surface area (Å²) >= 11 is 6.56. The molecule has 1 saturated heterocycles. The number of nitrogens with zero attached hydrogens (tertiary/aromatic N) is 4. The van der Waals surface area contributed by atoms with Gasteiger partial charge in [0.05, 0.1) is 33.4 Å². The van der Waals surface area contributed by atoms with E-state index >= 15 is 0 Å². The van der Waals surface area contributed by atoms with Crippen LogP contribution in [0.4, 0.5) is 4.79 Å². The molecule has 0 atom stereocenters. The zero-order chi connectivity index (χ0) is 26.9. The van der Waals surface area contributed by atoms with Crippen molar-refractivity contribution in [3.05, 3.63) is 77.0 Å². The second kappa shape index (κ2) is 10.9. The molecule has 0 aliphatic carbocycles. The van der Waals surface area contributed by atoms with Gasteiger partial charge in [0.2, 0.25) is 0 Å². The van der Waals surface area contributed by atoms with Crippen LogP contribution in [0.3, 0.4) is 0 Å². The number of piperidine rings is 1. The average molecular weight is 532 g/mol. The van der Waals surface area contributed by atoms with Gasteiger partial charge in [0.15, 0.2) is 5.52 Å². The van der Waals surface area contributed by atoms with E-state index in [1.807, 2.05) is 57.3 Å². The molecule has 4 aromatic rings. The zero-order valence-electron chi connectivity index (χ0n) is 22.7. The fourth-order valence-electron chi connectivity index (χ4n) is 5.51. The Balaban J connectivity index is 1.51. The minimum Gasteiger partial charge on any atom is -0.444 e. The summed E-state index contributed by atoms with van der Waals surface area (Å²) in [5, 5.41) is 4.25. The molecule has 1 aliphatic rings. The van der Waals surface area contributed by atoms with Crippen molar-refractivity contribution in [2.24, 2.45) is 0 Å². The van der Waals surface area contributed by atoms with Crippen LogP contribution in [0.5, 0.6) is 0 Å². The van der Waals surface area contributed by atoms with Crippen LogP contribution in [-0.4, -0.2) is 44.2 Å². The molecule has 0 bridgehead atoms. The number of amides is 1. The van der Waals surface area contributed by atoms with Crippen molar-refractivity contribution in [3.63, 3.8) is 0 Å². The number of aryl methyl sites for hydroxylation is 3. The first-order valence-electron chi connectivity index (χ1n) is 13.5. The predicted octanol–water partition coefficient (Wildman–Crippen LogP) is 7.57. The van der Waals surface area contributed by atoms with Crippen molar-refractivity contribution in [1.29, 1.82) is 0 Å². The van der Waals surface area contributed by atoms with Crippen molar-refractivity contribution in [1.82, 2.24) is 19.4 Å². The number of fused-ring (bicyclic) bond motifs is 2. The van der Waals surface area contributed by atoms with Crippen molar-refractivity contribution in [3.8, 4) is 0 Å². The molecule has 7 heteroatoms. The maximum Gasteiger partial charge on any atom is 0.410 e. The van der Waals surface area contributed by atoms with E-state index in [2.05, 4.69) is 40.0 Å². The summed E-state index contributed by atoms with van der Waals surface area (Å²) < 4.78 is 7.78. The Morgan fingerprint density at radius 1 is 1.16 bits per heavy atom. The van der Waals surface area contributed by atoms with Gasteiger partial charge in [-0.1, -0.05) is 11.6 Å². The molecule has 2 aromatic carbocycles. The molecule has 198 valence electrons. The highest BCUT2D eigenvalue weighted by Crippen LogP contribution is 2.39. The Morgan fingerprint density at radius 3 is 2.66 bits per heavy atom. The second-order valence-electron chi connectivity index (χ2n) is 11.3. The molecular formula is C31H36ClN4O2+. The molecule has 38 heavy (non-hydrogen) atoms. The summed E-state index contributed by atoms with van der Waals surface area (Å²) in [6.45, 7) is 9.98. The smallest absolute Gasteiger partial charge is 0.410 e. The number of hydrogen-bond donors (Lipinski definition) is 0. The number of hydrogen-bond acceptors (Lipinski definition) is 4. The number of carbonyl (C=O) groups is 1. The van der Waals surface area contributed by atoms with E-state index in [0.29, 0.717) is 13.1 Å². The summed E-state index contributed by atoms with van der Waals surface area (Å²) in [5.41, 5.74) is 4.10. The maximum atomic E-state index is 12.7. The third-order valence-electron chi connectivity index (χ3n) is 7.22. The zero-order valence-corrected chi connectivity index (χ0v) is 23.5. The van der Waals surface area contributed by atoms with E-state index in [1.165, 1.54) is 21.9 Å². The molecule has 5 rings (SSSR count). The van der Waals surface area contributed by atoms with Gasteiger partial charge in [-0.05, 0) is 65.5 Å². The molecule has 0 radical (unpaired) electrons. The van der Waals surface area contributed by atoms with Crippen molar-refractivity contribution >= 4 is 39.4 Å². The summed E-state index contributed by atoms with van der Waals surface area (Å²) in [7, 11) is 0. The standard InChI is InChI=1S/C31H36ClN4O2/c1-21-19-35(20-34-21)14-6-8-23-17-24-7-5-13-33-29(24)28(26-10-9-25(32)18-27(23)26)22-11-15-36(16-12-22)30(37)38-31(2,3)4/h5,7,9-10,13,17-20,22H,6,8,11-12,14-16H2,1-4H3/q+1. The Labute approximate surface area is 229 Å². The largest absolute Gasteiger partial charge is 0.444 e. The molecule has 0 unspecified atom stereocenters. The van der Waals surface area contributed by atoms with E-state index < -0.39 is 5.60 Å². The van der Waals surface area contributed by atoms with Gasteiger partial charge in [-0.25, -0.2) is 14.8 Å². The van der Waals surface area contributed by atoms with Crippen LogP contribution in [0.2, 0.25) is 5.02 Å². The summed E-state index contributed by atoms with van der Waals surface area (Å²) in [6.07, 6.45) is 9.27. The lowest BCUT2D eigenvalue weighted by Gasteiger charge is -2.32. The van der Waals surface area contributed by atoms with E-state index in [1.54, 1.807) is 0 Å². The van der Waals surface area contributed by atoms with Crippen molar-refractivity contribution in [2.45, 2.75) is 71.4 Å². The fraction of sp³-hybridized carbons (Fsp3) is 0.419. The van der Waals surface area contributed by atoms with Crippen molar-refractivity contribution in [2.75, 3.05) is 13.1 Å². The Bertz CT molecular complexity index is 1470. The van der Waals surface area contributed by atoms with Gasteiger partial charge >= 0.3 is 6.09 Å². The number of ether oxygens (including phenoxy) is 1. The number of benzene rings is 1. The van der Waals surface area contributed by atoms with Gasteiger partial charge in [0.1, 0.15) is 11.0 Å². The highest BCUT2D eigenvalue weighted by molar-refractivity contribution is 6.31. The molecule has 6 nitrogen and oxygen atoms in total. The first kappa shape index (κ1) is 26.4. The second-order valence-corrected chi connectivity index (χ2v) is 11.7. The monoisotopic (exact) mass is 531 g/mol. The predicted molar refractivity (Wildman–Crippen MR) is 154 cm³/mol. The molecule has 1 amide bonds. The SMILES string of the molecule is Cc1cn(CCCc2cc3cccnc3[c+](C3CCN(C(=O)OC(C)(C)C)CC3)c3ccc(Cl)cc23)cn1. The van der Waals surface area contributed by atoms with Crippen LogP contribution in [-0.2, 0) is 17.7 Å². The molecule has 0 spiro atoms. The van der Waals surface area contributed by atoms with Crippen LogP contribution in [0, 0.1) is 6.92 Å². The van der Waals surface area contributed by atoms with E-state index in [-0.39, 0.29) is 12.0 Å². The number of imidazole rings is 1. The topological polar surface area (TPSA) is 60.2 Å². The molecule has 1 aliphatic heterocycles. The van der Waals surface area contributed by atoms with Crippen LogP contribution in [0.1, 0.15) is 62.8 Å². The minimum absolute atomic E-state index is 0.232. The average Bonchev–Trinajstić information content (AvgIpc) is 3.23. The van der Waals surface area contributed by atoms with Gasteiger partial charge < -0.3 is 14.2 Å². The lowest BCUT2D eigenvalue weighted by molar-refractivity contribution is 0.0205. The van der Waals surface area contributed by atoms with Gasteiger partial charge in [-0.2, -0.15) is 0 Å². The highest BCUT2D eigenvalue weighted by Gasteiger charge is 2.32. The van der Waals surface area contributed by atoms with Crippen LogP contribution >= 0.6 is 11.6 Å². The number of carbonyl (C=O) groups excluding carboxylic acids is 1. The third-order valence-corrected chi connectivity index (χ3v) is 7.46. The lowest BCUT2D eigenvalue weighted by atomic mass is 9.86. The molecule has 0 saturated carbocycles. The molecule has 0 N–H and O–H groups in total. The number of aromatic nitrogens is 3. The van der Waals surface area contributed by atoms with E-state index in [0.717, 1.165) is 53.8 Å². The number of rotatable bonds is 5. The normalized spacial score (nSPS) is 14.8. The first-order chi connectivity index (χ1) is 18.2. The Hall–Kier alpha value is -3.25. The van der Waals surface area contributed by atoms with Gasteiger partial charge in [-0.15, -0.1) is 0 Å². The summed E-state index contributed by atoms with van der Waals surface area (Å²) in [4.78, 5) is 23.8. The van der Waals surface area contributed by atoms with Crippen LogP contribution < -0.4 is 0 Å². The fourth-order valence-corrected chi connectivity index (χ4v) is 5.68. The summed E-state index contributed by atoms with van der Waals surface area (Å²) in [6, 6.07) is 12.7. The highest BCUT2D eigenvalue weighted by atomic mass is 35.5. The van der Waals surface area contributed by atoms with Gasteiger partial charge in [-0.3, -0.25) is 0 Å². The first-order valence-corrected chi connectivity index (χ1v) is 13.8. The van der Waals surface area contributed by atoms with E-state index in [9.17, 15) is 4.79 Å². The number of pyridine rings is 1. The molecule has 3 heterocycles. The quantitative estimate of drug-likeness (QED) is 0.249. The van der Waals surface area contributed by atoms with Crippen molar-refractivity contribution < 1.29 is 9.53 Å². The molecule has 2 aromatic heterocycles. The summed E-state index contributed by atoms with van der Waals surface area (Å²) in [5.74, 6) is 0.281. The Morgan fingerprint density at radius 2 is 1.95 bits per heavy atom. The number of halogens is 1. The van der Waals surface area contributed by atoms with E-state index in [4.69, 9.17) is 21.3 Å². The molecule has 1 fully saturated rings. The lowest BCUT2D eigenvalue weighted by Crippen LogP contribution is -2.41. The molecular weight excluding hydrogens is 496 g/mol. The van der Waals surface area contributed by atoms with Crippen LogP contribution in [0.15, 0.2) is 55.1 Å². The maximum absolute atomic E-state index is 12.7. The third kappa shape index (κ3) is 5.91. The number of likely N-dealkylation sites (tertiary alicyclic amines) is 1. The Kier molecular flexibility index (Phi) is 7.53. The minimum atomic E-state index is -0.496. The van der Waals surface area contributed by atoms with Gasteiger partial charge in [0.25, 0.3) is 0 Å².